The Morgan fingerprint density at radius 3 is 2.64 bits per heavy atom. The summed E-state index contributed by atoms with van der Waals surface area (Å²) in [5, 5.41) is 3.07. The summed E-state index contributed by atoms with van der Waals surface area (Å²) in [6.45, 7) is 4.31. The van der Waals surface area contributed by atoms with Crippen molar-refractivity contribution in [3.05, 3.63) is 41.5 Å². The fourth-order valence-electron chi connectivity index (χ4n) is 4.25. The van der Waals surface area contributed by atoms with Gasteiger partial charge in [-0.2, -0.15) is 0 Å². The van der Waals surface area contributed by atoms with E-state index in [2.05, 4.69) is 17.5 Å². The predicted octanol–water partition coefficient (Wildman–Crippen LogP) is 2.62. The number of hydrogen-bond donors (Lipinski definition) is 1. The number of benzene rings is 1. The molecule has 0 radical (unpaired) electrons. The summed E-state index contributed by atoms with van der Waals surface area (Å²) in [5.74, 6) is 1.10. The van der Waals surface area contributed by atoms with Crippen molar-refractivity contribution in [2.45, 2.75) is 19.8 Å². The van der Waals surface area contributed by atoms with E-state index < -0.39 is 0 Å². The van der Waals surface area contributed by atoms with Gasteiger partial charge in [-0.1, -0.05) is 18.2 Å². The van der Waals surface area contributed by atoms with Gasteiger partial charge < -0.3 is 15.0 Å². The molecule has 1 aromatic rings. The van der Waals surface area contributed by atoms with Crippen molar-refractivity contribution in [1.29, 1.82) is 0 Å². The average molecular weight is 340 g/mol. The lowest BCUT2D eigenvalue weighted by Gasteiger charge is -2.27. The lowest BCUT2D eigenvalue weighted by Crippen LogP contribution is -2.41. The summed E-state index contributed by atoms with van der Waals surface area (Å²) in [7, 11) is 0. The van der Waals surface area contributed by atoms with Crippen LogP contribution in [0, 0.1) is 24.7 Å². The Labute approximate surface area is 148 Å². The molecule has 2 fully saturated rings. The first-order chi connectivity index (χ1) is 12.1. The molecule has 2 bridgehead atoms. The molecule has 3 aliphatic rings. The van der Waals surface area contributed by atoms with Crippen molar-refractivity contribution in [1.82, 2.24) is 4.90 Å². The van der Waals surface area contributed by atoms with Crippen LogP contribution in [0.15, 0.2) is 30.4 Å². The third-order valence-corrected chi connectivity index (χ3v) is 5.74. The molecule has 1 heterocycles. The molecule has 1 saturated heterocycles. The highest BCUT2D eigenvalue weighted by Gasteiger charge is 2.39. The second-order valence-electron chi connectivity index (χ2n) is 7.26. The minimum atomic E-state index is 0.0137. The molecule has 1 N–H and O–H groups in total. The van der Waals surface area contributed by atoms with E-state index in [4.69, 9.17) is 4.74 Å². The van der Waals surface area contributed by atoms with E-state index in [0.29, 0.717) is 43.7 Å². The topological polar surface area (TPSA) is 58.6 Å². The molecule has 0 unspecified atom stereocenters. The van der Waals surface area contributed by atoms with Gasteiger partial charge in [0.2, 0.25) is 5.91 Å². The molecule has 25 heavy (non-hydrogen) atoms. The molecule has 0 aromatic heterocycles. The Hall–Kier alpha value is -2.14. The van der Waals surface area contributed by atoms with Crippen molar-refractivity contribution in [3.63, 3.8) is 0 Å². The van der Waals surface area contributed by atoms with Crippen LogP contribution in [0.1, 0.15) is 28.8 Å². The van der Waals surface area contributed by atoms with E-state index >= 15 is 0 Å². The maximum atomic E-state index is 12.8. The van der Waals surface area contributed by atoms with Crippen LogP contribution in [-0.4, -0.2) is 43.0 Å². The minimum absolute atomic E-state index is 0.0137. The lowest BCUT2D eigenvalue weighted by molar-refractivity contribution is -0.120. The number of nitrogens with one attached hydrogen (secondary N) is 1. The molecule has 132 valence electrons. The molecule has 4 rings (SSSR count). The number of morpholine rings is 1. The maximum Gasteiger partial charge on any atom is 0.254 e. The zero-order chi connectivity index (χ0) is 17.4. The van der Waals surface area contributed by atoms with Crippen LogP contribution >= 0.6 is 0 Å². The summed E-state index contributed by atoms with van der Waals surface area (Å²) in [4.78, 5) is 27.3. The molecule has 3 atom stereocenters. The summed E-state index contributed by atoms with van der Waals surface area (Å²) in [6.07, 6.45) is 6.47. The van der Waals surface area contributed by atoms with Crippen LogP contribution in [0.4, 0.5) is 5.69 Å². The molecule has 5 heteroatoms. The number of fused-ring (bicyclic) bond motifs is 2. The number of ether oxygens (including phenoxy) is 1. The van der Waals surface area contributed by atoms with Gasteiger partial charge in [-0.15, -0.1) is 0 Å². The highest BCUT2D eigenvalue weighted by Crippen LogP contribution is 2.43. The van der Waals surface area contributed by atoms with E-state index in [0.717, 1.165) is 24.1 Å². The van der Waals surface area contributed by atoms with Crippen molar-refractivity contribution in [3.8, 4) is 0 Å². The van der Waals surface area contributed by atoms with Crippen molar-refractivity contribution >= 4 is 17.5 Å². The Morgan fingerprint density at radius 1 is 1.16 bits per heavy atom. The molecular formula is C20H24N2O3. The van der Waals surface area contributed by atoms with E-state index in [1.807, 2.05) is 30.0 Å². The second kappa shape index (κ2) is 6.64. The first kappa shape index (κ1) is 16.3. The smallest absolute Gasteiger partial charge is 0.254 e. The number of carbonyl (C=O) groups is 2. The number of amides is 2. The standard InChI is InChI=1S/C20H24N2O3/c1-13-16(20(24)22-7-9-25-10-8-22)3-2-4-18(13)21-19(23)17-12-14-5-6-15(17)11-14/h2-6,14-15,17H,7-12H2,1H3,(H,21,23)/t14-,15-,17+/m0/s1. The Balaban J connectivity index is 1.50. The average Bonchev–Trinajstić information content (AvgIpc) is 3.27. The Kier molecular flexibility index (Phi) is 4.34. The quantitative estimate of drug-likeness (QED) is 0.861. The lowest BCUT2D eigenvalue weighted by atomic mass is 9.92. The third-order valence-electron chi connectivity index (χ3n) is 5.74. The Bertz CT molecular complexity index is 722. The summed E-state index contributed by atoms with van der Waals surface area (Å²) < 4.78 is 5.32. The molecule has 1 aromatic carbocycles. The van der Waals surface area contributed by atoms with Crippen LogP contribution in [0.5, 0.6) is 0 Å². The monoisotopic (exact) mass is 340 g/mol. The van der Waals surface area contributed by atoms with Crippen molar-refractivity contribution in [2.24, 2.45) is 17.8 Å². The zero-order valence-corrected chi connectivity index (χ0v) is 14.5. The van der Waals surface area contributed by atoms with Gasteiger partial charge in [0.05, 0.1) is 13.2 Å². The predicted molar refractivity (Wildman–Crippen MR) is 95.4 cm³/mol. The number of rotatable bonds is 3. The van der Waals surface area contributed by atoms with Gasteiger partial charge in [-0.25, -0.2) is 0 Å². The van der Waals surface area contributed by atoms with Crippen molar-refractivity contribution in [2.75, 3.05) is 31.6 Å². The van der Waals surface area contributed by atoms with Crippen LogP contribution in [0.25, 0.3) is 0 Å². The van der Waals surface area contributed by atoms with E-state index in [-0.39, 0.29) is 17.7 Å². The first-order valence-corrected chi connectivity index (χ1v) is 9.09. The fourth-order valence-corrected chi connectivity index (χ4v) is 4.25. The summed E-state index contributed by atoms with van der Waals surface area (Å²) in [5.41, 5.74) is 2.24. The van der Waals surface area contributed by atoms with Crippen LogP contribution in [0.3, 0.4) is 0 Å². The third kappa shape index (κ3) is 3.09. The molecule has 1 saturated carbocycles. The molecule has 1 aliphatic heterocycles. The summed E-state index contributed by atoms with van der Waals surface area (Å²) in [6, 6.07) is 5.56. The van der Waals surface area contributed by atoms with Crippen molar-refractivity contribution < 1.29 is 14.3 Å². The second-order valence-corrected chi connectivity index (χ2v) is 7.26. The Morgan fingerprint density at radius 2 is 1.96 bits per heavy atom. The van der Waals surface area contributed by atoms with Gasteiger partial charge in [0, 0.05) is 30.3 Å². The number of hydrogen-bond acceptors (Lipinski definition) is 3. The van der Waals surface area contributed by atoms with Crippen LogP contribution < -0.4 is 5.32 Å². The molecular weight excluding hydrogens is 316 g/mol. The van der Waals surface area contributed by atoms with Gasteiger partial charge in [0.1, 0.15) is 0 Å². The molecule has 2 aliphatic carbocycles. The maximum absolute atomic E-state index is 12.8. The fraction of sp³-hybridized carbons (Fsp3) is 0.500. The molecule has 2 amide bonds. The summed E-state index contributed by atoms with van der Waals surface area (Å²) >= 11 is 0. The number of nitrogens with zero attached hydrogens (tertiary/aromatic N) is 1. The largest absolute Gasteiger partial charge is 0.378 e. The molecule has 0 spiro atoms. The van der Waals surface area contributed by atoms with E-state index in [9.17, 15) is 9.59 Å². The van der Waals surface area contributed by atoms with E-state index in [1.54, 1.807) is 0 Å². The number of carbonyl (C=O) groups excluding carboxylic acids is 2. The highest BCUT2D eigenvalue weighted by atomic mass is 16.5. The number of allylic oxidation sites excluding steroid dienone is 2. The normalized spacial score (nSPS) is 27.6. The van der Waals surface area contributed by atoms with Gasteiger partial charge in [0.25, 0.3) is 5.91 Å². The first-order valence-electron chi connectivity index (χ1n) is 9.09. The van der Waals surface area contributed by atoms with Crippen LogP contribution in [0.2, 0.25) is 0 Å². The van der Waals surface area contributed by atoms with Crippen LogP contribution in [-0.2, 0) is 9.53 Å². The zero-order valence-electron chi connectivity index (χ0n) is 14.5. The minimum Gasteiger partial charge on any atom is -0.378 e. The SMILES string of the molecule is Cc1c(NC(=O)[C@@H]2C[C@H]3C=C[C@H]2C3)cccc1C(=O)N1CCOCC1. The van der Waals surface area contributed by atoms with Gasteiger partial charge in [-0.3, -0.25) is 9.59 Å². The molecule has 5 nitrogen and oxygen atoms in total. The number of anilines is 1. The van der Waals surface area contributed by atoms with Gasteiger partial charge >= 0.3 is 0 Å². The van der Waals surface area contributed by atoms with Gasteiger partial charge in [-0.05, 0) is 49.3 Å². The highest BCUT2D eigenvalue weighted by molar-refractivity contribution is 6.00. The van der Waals surface area contributed by atoms with Gasteiger partial charge in [0.15, 0.2) is 0 Å². The van der Waals surface area contributed by atoms with E-state index in [1.165, 1.54) is 0 Å².